The first-order chi connectivity index (χ1) is 26.8. The highest BCUT2D eigenvalue weighted by molar-refractivity contribution is 6.18. The first-order valence-electron chi connectivity index (χ1n) is 18.7. The van der Waals surface area contributed by atoms with Crippen LogP contribution in [-0.2, 0) is 0 Å². The lowest BCUT2D eigenvalue weighted by molar-refractivity contribution is 1.30. The van der Waals surface area contributed by atoms with Gasteiger partial charge >= 0.3 is 0 Å². The second-order valence-corrected chi connectivity index (χ2v) is 14.5. The van der Waals surface area contributed by atoms with E-state index in [1.807, 2.05) is 0 Å². The van der Waals surface area contributed by atoms with Gasteiger partial charge in [-0.15, -0.1) is 0 Å². The van der Waals surface area contributed by atoms with E-state index in [4.69, 9.17) is 0 Å². The molecule has 2 nitrogen and oxygen atoms in total. The summed E-state index contributed by atoms with van der Waals surface area (Å²) in [7, 11) is 0. The van der Waals surface area contributed by atoms with Crippen LogP contribution in [0.15, 0.2) is 194 Å². The first-order valence-corrected chi connectivity index (χ1v) is 18.7. The van der Waals surface area contributed by atoms with Crippen LogP contribution in [-0.4, -0.2) is 0 Å². The predicted molar refractivity (Wildman–Crippen MR) is 227 cm³/mol. The van der Waals surface area contributed by atoms with Crippen molar-refractivity contribution in [2.45, 2.75) is 0 Å². The van der Waals surface area contributed by atoms with Crippen molar-refractivity contribution >= 4 is 44.9 Å². The van der Waals surface area contributed by atoms with Crippen LogP contribution in [0, 0.1) is 0 Å². The molecule has 3 aliphatic rings. The molecule has 9 aromatic rings. The molecule has 0 radical (unpaired) electrons. The minimum absolute atomic E-state index is 1.15. The maximum atomic E-state index is 2.47. The molecule has 12 rings (SSSR count). The number of hydrogen-bond acceptors (Lipinski definition) is 2. The SMILES string of the molecule is c1ccc2c(c1)-c1ccccc1N(c1ccc3c(c1)-c1cccc4cc(N5c6ccccc6-c6ccccc6-c6ccccc65)cc-3c14)c1ccccc1-2. The Balaban J connectivity index is 1.07. The fourth-order valence-electron chi connectivity index (χ4n) is 9.41. The second-order valence-electron chi connectivity index (χ2n) is 14.5. The van der Waals surface area contributed by atoms with Crippen LogP contribution in [0.25, 0.3) is 77.5 Å². The largest absolute Gasteiger partial charge is 0.309 e. The Kier molecular flexibility index (Phi) is 6.09. The molecule has 2 aliphatic heterocycles. The van der Waals surface area contributed by atoms with Gasteiger partial charge in [0.05, 0.1) is 22.7 Å². The molecule has 0 spiro atoms. The van der Waals surface area contributed by atoms with Gasteiger partial charge in [0.1, 0.15) is 0 Å². The molecule has 250 valence electrons. The zero-order chi connectivity index (χ0) is 35.3. The fourth-order valence-corrected chi connectivity index (χ4v) is 9.41. The van der Waals surface area contributed by atoms with Gasteiger partial charge in [-0.2, -0.15) is 0 Å². The third-order valence-electron chi connectivity index (χ3n) is 11.7. The van der Waals surface area contributed by atoms with Crippen LogP contribution < -0.4 is 9.80 Å². The summed E-state index contributed by atoms with van der Waals surface area (Å²) in [6.45, 7) is 0. The van der Waals surface area contributed by atoms with Crippen molar-refractivity contribution in [2.24, 2.45) is 0 Å². The summed E-state index contributed by atoms with van der Waals surface area (Å²) >= 11 is 0. The van der Waals surface area contributed by atoms with Crippen molar-refractivity contribution in [1.82, 2.24) is 0 Å². The van der Waals surface area contributed by atoms with Crippen LogP contribution in [0.4, 0.5) is 34.1 Å². The molecular formula is C52H32N2. The molecule has 54 heavy (non-hydrogen) atoms. The summed E-state index contributed by atoms with van der Waals surface area (Å²) in [6, 6.07) is 71.7. The summed E-state index contributed by atoms with van der Waals surface area (Å²) in [5.74, 6) is 0. The van der Waals surface area contributed by atoms with E-state index in [0.717, 1.165) is 11.4 Å². The Bertz CT molecular complexity index is 2890. The Labute approximate surface area is 314 Å². The zero-order valence-corrected chi connectivity index (χ0v) is 29.4. The molecule has 0 atom stereocenters. The summed E-state index contributed by atoms with van der Waals surface area (Å²) in [4.78, 5) is 4.94. The van der Waals surface area contributed by atoms with Crippen molar-refractivity contribution < 1.29 is 0 Å². The smallest absolute Gasteiger partial charge is 0.0540 e. The lowest BCUT2D eigenvalue weighted by Gasteiger charge is -2.28. The minimum atomic E-state index is 1.15. The van der Waals surface area contributed by atoms with Crippen LogP contribution in [0.1, 0.15) is 0 Å². The van der Waals surface area contributed by atoms with Crippen molar-refractivity contribution in [1.29, 1.82) is 0 Å². The number of hydrogen-bond donors (Lipinski definition) is 0. The normalized spacial score (nSPS) is 12.7. The van der Waals surface area contributed by atoms with E-state index in [-0.39, 0.29) is 0 Å². The van der Waals surface area contributed by atoms with E-state index in [0.29, 0.717) is 0 Å². The van der Waals surface area contributed by atoms with Gasteiger partial charge in [-0.3, -0.25) is 0 Å². The van der Waals surface area contributed by atoms with Crippen molar-refractivity contribution in [3.8, 4) is 66.8 Å². The van der Waals surface area contributed by atoms with Crippen molar-refractivity contribution in [2.75, 3.05) is 9.80 Å². The van der Waals surface area contributed by atoms with Crippen LogP contribution in [0.5, 0.6) is 0 Å². The molecule has 0 amide bonds. The lowest BCUT2D eigenvalue weighted by atomic mass is 9.95. The van der Waals surface area contributed by atoms with E-state index in [1.54, 1.807) is 0 Å². The third kappa shape index (κ3) is 4.05. The number of nitrogens with zero attached hydrogens (tertiary/aromatic N) is 2. The topological polar surface area (TPSA) is 6.48 Å². The predicted octanol–water partition coefficient (Wildman–Crippen LogP) is 14.7. The molecule has 0 aromatic heterocycles. The minimum Gasteiger partial charge on any atom is -0.309 e. The van der Waals surface area contributed by atoms with Crippen LogP contribution in [0.2, 0.25) is 0 Å². The third-order valence-corrected chi connectivity index (χ3v) is 11.7. The van der Waals surface area contributed by atoms with Crippen LogP contribution in [0.3, 0.4) is 0 Å². The quantitative estimate of drug-likeness (QED) is 0.179. The Morgan fingerprint density at radius 2 is 0.593 bits per heavy atom. The molecule has 0 unspecified atom stereocenters. The highest BCUT2D eigenvalue weighted by Crippen LogP contribution is 2.56. The fraction of sp³-hybridized carbons (Fsp3) is 0. The summed E-state index contributed by atoms with van der Waals surface area (Å²) in [6.07, 6.45) is 0. The lowest BCUT2D eigenvalue weighted by Crippen LogP contribution is -2.11. The molecule has 0 fully saturated rings. The number of fused-ring (bicyclic) bond motifs is 13. The number of rotatable bonds is 2. The number of anilines is 6. The summed E-state index contributed by atoms with van der Waals surface area (Å²) in [5, 5.41) is 2.56. The van der Waals surface area contributed by atoms with Gasteiger partial charge in [0.2, 0.25) is 0 Å². The molecule has 1 aliphatic carbocycles. The highest BCUT2D eigenvalue weighted by atomic mass is 15.2. The molecule has 0 saturated heterocycles. The number of benzene rings is 9. The van der Waals surface area contributed by atoms with Crippen LogP contribution >= 0.6 is 0 Å². The zero-order valence-electron chi connectivity index (χ0n) is 29.4. The van der Waals surface area contributed by atoms with Gasteiger partial charge in [0, 0.05) is 33.6 Å². The monoisotopic (exact) mass is 684 g/mol. The molecular weight excluding hydrogens is 653 g/mol. The van der Waals surface area contributed by atoms with Crippen molar-refractivity contribution in [3.63, 3.8) is 0 Å². The maximum Gasteiger partial charge on any atom is 0.0540 e. The Morgan fingerprint density at radius 3 is 1.07 bits per heavy atom. The maximum absolute atomic E-state index is 2.47. The van der Waals surface area contributed by atoms with Gasteiger partial charge in [-0.1, -0.05) is 146 Å². The molecule has 9 aromatic carbocycles. The van der Waals surface area contributed by atoms with E-state index >= 15 is 0 Å². The van der Waals surface area contributed by atoms with Gasteiger partial charge < -0.3 is 9.80 Å². The van der Waals surface area contributed by atoms with Gasteiger partial charge in [-0.05, 0) is 104 Å². The van der Waals surface area contributed by atoms with E-state index < -0.39 is 0 Å². The van der Waals surface area contributed by atoms with E-state index in [1.165, 1.54) is 100 Å². The first kappa shape index (κ1) is 29.4. The van der Waals surface area contributed by atoms with E-state index in [9.17, 15) is 0 Å². The molecule has 0 bridgehead atoms. The average Bonchev–Trinajstić information content (AvgIpc) is 3.40. The van der Waals surface area contributed by atoms with E-state index in [2.05, 4.69) is 204 Å². The second kappa shape index (κ2) is 11.2. The summed E-state index contributed by atoms with van der Waals surface area (Å²) in [5.41, 5.74) is 22.1. The van der Waals surface area contributed by atoms with Gasteiger partial charge in [-0.25, -0.2) is 0 Å². The van der Waals surface area contributed by atoms with Crippen molar-refractivity contribution in [3.05, 3.63) is 194 Å². The van der Waals surface area contributed by atoms with Gasteiger partial charge in [0.25, 0.3) is 0 Å². The molecule has 0 saturated carbocycles. The Morgan fingerprint density at radius 1 is 0.222 bits per heavy atom. The molecule has 0 N–H and O–H groups in total. The summed E-state index contributed by atoms with van der Waals surface area (Å²) < 4.78 is 0. The Hall–Kier alpha value is -7.16. The average molecular weight is 685 g/mol. The molecule has 2 heteroatoms. The highest BCUT2D eigenvalue weighted by Gasteiger charge is 2.30. The van der Waals surface area contributed by atoms with Gasteiger partial charge in [0.15, 0.2) is 0 Å². The molecule has 2 heterocycles. The number of para-hydroxylation sites is 4. The standard InChI is InChI=1S/C52H32N2/c1-2-16-37-36(15-1)41-19-5-9-24-48(41)53(49-25-10-6-20-42(37)49)34-28-29-40-46(31-34)45-23-13-14-33-30-35(32-47(40)52(33)45)54-50-26-11-7-21-43(50)38-17-3-4-18-39(38)44-22-8-12-27-51(44)54/h1-32H.